The quantitative estimate of drug-likeness (QED) is 0.317. The first kappa shape index (κ1) is 13.1. The topological polar surface area (TPSA) is 79.9 Å². The Bertz CT molecular complexity index is 410. The predicted molar refractivity (Wildman–Crippen MR) is 64.0 cm³/mol. The van der Waals surface area contributed by atoms with E-state index in [1.54, 1.807) is 13.0 Å². The minimum Gasteiger partial charge on any atom is -0.494 e. The van der Waals surface area contributed by atoms with E-state index in [0.29, 0.717) is 12.2 Å². The number of oxime groups is 1. The van der Waals surface area contributed by atoms with E-state index >= 15 is 0 Å². The number of anilines is 1. The molecule has 0 spiro atoms. The number of nitrogens with one attached hydrogen (secondary N) is 1. The summed E-state index contributed by atoms with van der Waals surface area (Å²) in [5, 5.41) is 14.4. The normalized spacial score (nSPS) is 13.2. The summed E-state index contributed by atoms with van der Waals surface area (Å²) >= 11 is 0. The van der Waals surface area contributed by atoms with E-state index in [1.807, 2.05) is 0 Å². The van der Waals surface area contributed by atoms with Gasteiger partial charge in [-0.05, 0) is 12.1 Å². The number of ether oxygens (including phenoxy) is 1. The van der Waals surface area contributed by atoms with Crippen LogP contribution in [0.25, 0.3) is 0 Å². The average molecular weight is 241 g/mol. The Kier molecular flexibility index (Phi) is 4.56. The average Bonchev–Trinajstić information content (AvgIpc) is 2.35. The molecule has 0 saturated heterocycles. The maximum atomic E-state index is 13.3. The summed E-state index contributed by atoms with van der Waals surface area (Å²) in [6, 6.07) is 4.56. The van der Waals surface area contributed by atoms with Crippen molar-refractivity contribution in [2.45, 2.75) is 6.92 Å². The Morgan fingerprint density at radius 3 is 2.88 bits per heavy atom. The summed E-state index contributed by atoms with van der Waals surface area (Å²) in [6.07, 6.45) is 0. The van der Waals surface area contributed by atoms with Gasteiger partial charge >= 0.3 is 0 Å². The molecule has 17 heavy (non-hydrogen) atoms. The van der Waals surface area contributed by atoms with Crippen LogP contribution >= 0.6 is 0 Å². The molecule has 94 valence electrons. The highest BCUT2D eigenvalue weighted by Crippen LogP contribution is 2.20. The largest absolute Gasteiger partial charge is 0.494 e. The molecule has 1 rings (SSSR count). The van der Waals surface area contributed by atoms with Gasteiger partial charge in [0.2, 0.25) is 0 Å². The number of nitrogens with two attached hydrogens (primary N) is 1. The zero-order valence-electron chi connectivity index (χ0n) is 9.77. The van der Waals surface area contributed by atoms with Crippen molar-refractivity contribution in [3.05, 3.63) is 24.0 Å². The van der Waals surface area contributed by atoms with Crippen LogP contribution in [0.15, 0.2) is 23.4 Å². The number of benzene rings is 1. The minimum absolute atomic E-state index is 0.131. The lowest BCUT2D eigenvalue weighted by Crippen LogP contribution is -2.27. The number of amidine groups is 1. The monoisotopic (exact) mass is 241 g/mol. The zero-order valence-corrected chi connectivity index (χ0v) is 9.77. The predicted octanol–water partition coefficient (Wildman–Crippen LogP) is 1.63. The molecule has 0 aliphatic carbocycles. The van der Waals surface area contributed by atoms with Crippen molar-refractivity contribution in [2.75, 3.05) is 19.0 Å². The molecule has 1 aromatic rings. The fourth-order valence-electron chi connectivity index (χ4n) is 1.25. The molecule has 0 fully saturated rings. The molecule has 5 nitrogen and oxygen atoms in total. The third kappa shape index (κ3) is 3.51. The lowest BCUT2D eigenvalue weighted by Gasteiger charge is -2.12. The highest BCUT2D eigenvalue weighted by atomic mass is 19.1. The molecule has 1 atom stereocenters. The van der Waals surface area contributed by atoms with E-state index in [9.17, 15) is 4.39 Å². The van der Waals surface area contributed by atoms with Crippen molar-refractivity contribution in [1.82, 2.24) is 0 Å². The number of halogens is 1. The molecular formula is C11H16FN3O2. The summed E-state index contributed by atoms with van der Waals surface area (Å²) in [5.74, 6) is -0.259. The highest BCUT2D eigenvalue weighted by Gasteiger charge is 2.08. The Labute approximate surface area is 99.1 Å². The van der Waals surface area contributed by atoms with Gasteiger partial charge in [-0.25, -0.2) is 4.39 Å². The Balaban J connectivity index is 2.61. The van der Waals surface area contributed by atoms with E-state index < -0.39 is 5.82 Å². The van der Waals surface area contributed by atoms with Crippen molar-refractivity contribution in [3.8, 4) is 5.75 Å². The van der Waals surface area contributed by atoms with Crippen LogP contribution in [0.5, 0.6) is 5.75 Å². The molecular weight excluding hydrogens is 225 g/mol. The van der Waals surface area contributed by atoms with Gasteiger partial charge in [-0.1, -0.05) is 12.1 Å². The van der Waals surface area contributed by atoms with Crippen molar-refractivity contribution in [3.63, 3.8) is 0 Å². The van der Waals surface area contributed by atoms with Gasteiger partial charge in [-0.15, -0.1) is 0 Å². The van der Waals surface area contributed by atoms with Crippen molar-refractivity contribution < 1.29 is 14.3 Å². The lowest BCUT2D eigenvalue weighted by molar-refractivity contribution is 0.315. The van der Waals surface area contributed by atoms with E-state index in [2.05, 4.69) is 10.5 Å². The van der Waals surface area contributed by atoms with Crippen LogP contribution in [0, 0.1) is 11.7 Å². The van der Waals surface area contributed by atoms with E-state index in [0.717, 1.165) is 0 Å². The van der Waals surface area contributed by atoms with Crippen LogP contribution in [0.1, 0.15) is 6.92 Å². The second-order valence-electron chi connectivity index (χ2n) is 3.66. The molecule has 0 amide bonds. The summed E-state index contributed by atoms with van der Waals surface area (Å²) in [4.78, 5) is 0. The van der Waals surface area contributed by atoms with E-state index in [1.165, 1.54) is 19.2 Å². The Hall–Kier alpha value is -1.98. The van der Waals surface area contributed by atoms with Crippen LogP contribution in [0.4, 0.5) is 10.1 Å². The van der Waals surface area contributed by atoms with Gasteiger partial charge < -0.3 is 21.0 Å². The number of methoxy groups -OCH3 is 1. The van der Waals surface area contributed by atoms with Crippen molar-refractivity contribution >= 4 is 11.5 Å². The van der Waals surface area contributed by atoms with E-state index in [-0.39, 0.29) is 17.5 Å². The number of hydrogen-bond donors (Lipinski definition) is 3. The zero-order chi connectivity index (χ0) is 12.8. The SMILES string of the molecule is COc1ccc(NCC(C)C(N)=NO)cc1F. The van der Waals surface area contributed by atoms with Gasteiger partial charge in [0, 0.05) is 24.2 Å². The standard InChI is InChI=1S/C11H16FN3O2/c1-7(11(13)15-16)6-14-8-3-4-10(17-2)9(12)5-8/h3-5,7,14,16H,6H2,1-2H3,(H2,13,15). The molecule has 0 aromatic heterocycles. The maximum absolute atomic E-state index is 13.3. The first-order chi connectivity index (χ1) is 8.08. The Morgan fingerprint density at radius 1 is 1.65 bits per heavy atom. The number of nitrogens with zero attached hydrogens (tertiary/aromatic N) is 1. The summed E-state index contributed by atoms with van der Waals surface area (Å²) in [5.41, 5.74) is 6.03. The fraction of sp³-hybridized carbons (Fsp3) is 0.364. The molecule has 0 saturated carbocycles. The highest BCUT2D eigenvalue weighted by molar-refractivity contribution is 5.82. The second kappa shape index (κ2) is 5.93. The van der Waals surface area contributed by atoms with Gasteiger partial charge in [0.25, 0.3) is 0 Å². The molecule has 1 unspecified atom stereocenters. The molecule has 1 aromatic carbocycles. The molecule has 0 aliphatic heterocycles. The van der Waals surface area contributed by atoms with Crippen molar-refractivity contribution in [2.24, 2.45) is 16.8 Å². The molecule has 0 aliphatic rings. The number of rotatable bonds is 5. The summed E-state index contributed by atoms with van der Waals surface area (Å²) in [7, 11) is 1.41. The molecule has 4 N–H and O–H groups in total. The molecule has 0 radical (unpaired) electrons. The maximum Gasteiger partial charge on any atom is 0.167 e. The fourth-order valence-corrected chi connectivity index (χ4v) is 1.25. The number of hydrogen-bond acceptors (Lipinski definition) is 4. The Morgan fingerprint density at radius 2 is 2.35 bits per heavy atom. The molecule has 6 heteroatoms. The van der Waals surface area contributed by atoms with Gasteiger partial charge in [0.1, 0.15) is 5.84 Å². The molecule has 0 heterocycles. The first-order valence-corrected chi connectivity index (χ1v) is 5.13. The van der Waals surface area contributed by atoms with Crippen LogP contribution < -0.4 is 15.8 Å². The van der Waals surface area contributed by atoms with Crippen LogP contribution in [-0.2, 0) is 0 Å². The van der Waals surface area contributed by atoms with Crippen molar-refractivity contribution in [1.29, 1.82) is 0 Å². The van der Waals surface area contributed by atoms with Crippen LogP contribution in [0.3, 0.4) is 0 Å². The first-order valence-electron chi connectivity index (χ1n) is 5.13. The van der Waals surface area contributed by atoms with Gasteiger partial charge in [0.05, 0.1) is 7.11 Å². The summed E-state index contributed by atoms with van der Waals surface area (Å²) in [6.45, 7) is 2.24. The third-order valence-electron chi connectivity index (χ3n) is 2.38. The summed E-state index contributed by atoms with van der Waals surface area (Å²) < 4.78 is 18.2. The third-order valence-corrected chi connectivity index (χ3v) is 2.38. The van der Waals surface area contributed by atoms with Gasteiger partial charge in [0.15, 0.2) is 11.6 Å². The second-order valence-corrected chi connectivity index (χ2v) is 3.66. The van der Waals surface area contributed by atoms with Gasteiger partial charge in [-0.3, -0.25) is 0 Å². The minimum atomic E-state index is -0.436. The lowest BCUT2D eigenvalue weighted by atomic mass is 10.1. The smallest absolute Gasteiger partial charge is 0.167 e. The molecule has 0 bridgehead atoms. The van der Waals surface area contributed by atoms with Crippen LogP contribution in [-0.4, -0.2) is 24.7 Å². The van der Waals surface area contributed by atoms with Crippen LogP contribution in [0.2, 0.25) is 0 Å². The van der Waals surface area contributed by atoms with E-state index in [4.69, 9.17) is 15.7 Å². The van der Waals surface area contributed by atoms with Gasteiger partial charge in [-0.2, -0.15) is 0 Å².